The summed E-state index contributed by atoms with van der Waals surface area (Å²) in [7, 11) is 0. The Hall–Kier alpha value is 0.200. The average molecular weight is 353 g/mol. The lowest BCUT2D eigenvalue weighted by Gasteiger charge is -2.36. The fourth-order valence-corrected chi connectivity index (χ4v) is 3.15. The zero-order valence-corrected chi connectivity index (χ0v) is 13.3. The van der Waals surface area contributed by atoms with Gasteiger partial charge in [0.2, 0.25) is 0 Å². The van der Waals surface area contributed by atoms with E-state index in [-0.39, 0.29) is 12.2 Å². The van der Waals surface area contributed by atoms with Crippen molar-refractivity contribution < 1.29 is 4.74 Å². The first-order valence-corrected chi connectivity index (χ1v) is 7.66. The number of alkyl halides is 1. The van der Waals surface area contributed by atoms with Gasteiger partial charge in [-0.05, 0) is 24.6 Å². The van der Waals surface area contributed by atoms with E-state index in [1.165, 1.54) is 0 Å². The van der Waals surface area contributed by atoms with Crippen molar-refractivity contribution in [2.75, 3.05) is 19.0 Å². The predicted molar refractivity (Wildman–Crippen MR) is 79.5 cm³/mol. The summed E-state index contributed by atoms with van der Waals surface area (Å²) in [4.78, 5) is 2.34. The summed E-state index contributed by atoms with van der Waals surface area (Å²) in [6.07, 6.45) is 0.335. The van der Waals surface area contributed by atoms with Gasteiger partial charge in [-0.25, -0.2) is 0 Å². The molecule has 1 saturated heterocycles. The average Bonchev–Trinajstić information content (AvgIpc) is 2.32. The highest BCUT2D eigenvalue weighted by Gasteiger charge is 2.24. The molecule has 2 atom stereocenters. The molecule has 2 nitrogen and oxygen atoms in total. The van der Waals surface area contributed by atoms with Crippen molar-refractivity contribution in [3.63, 3.8) is 0 Å². The van der Waals surface area contributed by atoms with E-state index in [1.807, 2.05) is 12.1 Å². The summed E-state index contributed by atoms with van der Waals surface area (Å²) in [5.74, 6) is 0.537. The third-order valence-electron chi connectivity index (χ3n) is 2.98. The summed E-state index contributed by atoms with van der Waals surface area (Å²) in [6.45, 7) is 4.70. The summed E-state index contributed by atoms with van der Waals surface area (Å²) in [5.41, 5.74) is 1.14. The third kappa shape index (κ3) is 3.84. The first kappa shape index (κ1) is 14.6. The lowest BCUT2D eigenvalue weighted by Crippen LogP contribution is -2.46. The first-order chi connectivity index (χ1) is 8.58. The van der Waals surface area contributed by atoms with E-state index in [9.17, 15) is 0 Å². The van der Waals surface area contributed by atoms with Gasteiger partial charge < -0.3 is 4.74 Å². The maximum Gasteiger partial charge on any atom is 0.0841 e. The van der Waals surface area contributed by atoms with Gasteiger partial charge in [0.05, 0.1) is 12.2 Å². The SMILES string of the molecule is CC1CN(Cc2ccc(Br)cc2Cl)CC(CCl)O1. The Morgan fingerprint density at radius 1 is 1.44 bits per heavy atom. The highest BCUT2D eigenvalue weighted by Crippen LogP contribution is 2.24. The first-order valence-electron chi connectivity index (χ1n) is 5.96. The van der Waals surface area contributed by atoms with E-state index in [2.05, 4.69) is 33.8 Å². The molecule has 0 aromatic heterocycles. The molecule has 100 valence electrons. The van der Waals surface area contributed by atoms with Crippen molar-refractivity contribution in [2.45, 2.75) is 25.7 Å². The van der Waals surface area contributed by atoms with Crippen LogP contribution in [0.1, 0.15) is 12.5 Å². The van der Waals surface area contributed by atoms with Crippen LogP contribution in [0.3, 0.4) is 0 Å². The van der Waals surface area contributed by atoms with Crippen molar-refractivity contribution in [1.29, 1.82) is 0 Å². The second kappa shape index (κ2) is 6.58. The monoisotopic (exact) mass is 351 g/mol. The largest absolute Gasteiger partial charge is 0.371 e. The molecule has 0 radical (unpaired) electrons. The topological polar surface area (TPSA) is 12.5 Å². The van der Waals surface area contributed by atoms with E-state index >= 15 is 0 Å². The molecule has 1 aliphatic heterocycles. The minimum Gasteiger partial charge on any atom is -0.371 e. The fourth-order valence-electron chi connectivity index (χ4n) is 2.25. The number of morpholine rings is 1. The van der Waals surface area contributed by atoms with Crippen LogP contribution < -0.4 is 0 Å². The molecule has 18 heavy (non-hydrogen) atoms. The molecule has 5 heteroatoms. The molecule has 0 saturated carbocycles. The molecule has 1 aromatic carbocycles. The minimum atomic E-state index is 0.115. The van der Waals surface area contributed by atoms with E-state index < -0.39 is 0 Å². The van der Waals surface area contributed by atoms with Gasteiger partial charge in [-0.3, -0.25) is 4.90 Å². The maximum atomic E-state index is 6.24. The van der Waals surface area contributed by atoms with Crippen LogP contribution in [-0.4, -0.2) is 36.1 Å². The molecule has 1 fully saturated rings. The van der Waals surface area contributed by atoms with E-state index in [0.29, 0.717) is 5.88 Å². The van der Waals surface area contributed by atoms with Crippen LogP contribution >= 0.6 is 39.1 Å². The maximum absolute atomic E-state index is 6.24. The van der Waals surface area contributed by atoms with E-state index in [0.717, 1.165) is 34.7 Å². The van der Waals surface area contributed by atoms with Crippen molar-refractivity contribution in [3.05, 3.63) is 33.3 Å². The van der Waals surface area contributed by atoms with Crippen LogP contribution in [0.2, 0.25) is 5.02 Å². The van der Waals surface area contributed by atoms with Gasteiger partial charge in [-0.2, -0.15) is 0 Å². The molecular formula is C13H16BrCl2NO. The molecule has 0 spiro atoms. The van der Waals surface area contributed by atoms with Crippen LogP contribution in [0.25, 0.3) is 0 Å². The summed E-state index contributed by atoms with van der Waals surface area (Å²) in [5, 5.41) is 0.797. The number of benzene rings is 1. The van der Waals surface area contributed by atoms with Gasteiger partial charge in [0.15, 0.2) is 0 Å². The Morgan fingerprint density at radius 3 is 2.89 bits per heavy atom. The minimum absolute atomic E-state index is 0.115. The Bertz CT molecular complexity index is 416. The zero-order valence-electron chi connectivity index (χ0n) is 10.2. The Morgan fingerprint density at radius 2 is 2.22 bits per heavy atom. The lowest BCUT2D eigenvalue weighted by atomic mass is 10.1. The van der Waals surface area contributed by atoms with Gasteiger partial charge in [0.25, 0.3) is 0 Å². The molecule has 0 amide bonds. The van der Waals surface area contributed by atoms with Gasteiger partial charge in [0.1, 0.15) is 0 Å². The van der Waals surface area contributed by atoms with Crippen molar-refractivity contribution in [1.82, 2.24) is 4.90 Å². The number of ether oxygens (including phenoxy) is 1. The van der Waals surface area contributed by atoms with Gasteiger partial charge in [-0.1, -0.05) is 33.6 Å². The standard InChI is InChI=1S/C13H16BrCl2NO/c1-9-6-17(8-12(5-15)18-9)7-10-2-3-11(14)4-13(10)16/h2-4,9,12H,5-8H2,1H3. The molecule has 1 heterocycles. The molecule has 0 aliphatic carbocycles. The summed E-state index contributed by atoms with van der Waals surface area (Å²) < 4.78 is 6.74. The van der Waals surface area contributed by atoms with Gasteiger partial charge in [-0.15, -0.1) is 11.6 Å². The Kier molecular flexibility index (Phi) is 5.34. The molecule has 2 unspecified atom stereocenters. The summed E-state index contributed by atoms with van der Waals surface area (Å²) >= 11 is 15.5. The second-order valence-electron chi connectivity index (χ2n) is 4.65. The molecule has 0 N–H and O–H groups in total. The number of hydrogen-bond acceptors (Lipinski definition) is 2. The van der Waals surface area contributed by atoms with Crippen LogP contribution in [0.4, 0.5) is 0 Å². The molecule has 1 aliphatic rings. The van der Waals surface area contributed by atoms with Gasteiger partial charge >= 0.3 is 0 Å². The highest BCUT2D eigenvalue weighted by molar-refractivity contribution is 9.10. The van der Waals surface area contributed by atoms with Crippen LogP contribution in [0.15, 0.2) is 22.7 Å². The number of halogens is 3. The number of rotatable bonds is 3. The van der Waals surface area contributed by atoms with E-state index in [1.54, 1.807) is 0 Å². The van der Waals surface area contributed by atoms with Crippen LogP contribution in [0.5, 0.6) is 0 Å². The number of hydrogen-bond donors (Lipinski definition) is 0. The zero-order chi connectivity index (χ0) is 13.1. The highest BCUT2D eigenvalue weighted by atomic mass is 79.9. The van der Waals surface area contributed by atoms with Crippen molar-refractivity contribution in [3.8, 4) is 0 Å². The normalized spacial score (nSPS) is 25.3. The second-order valence-corrected chi connectivity index (χ2v) is 6.28. The quantitative estimate of drug-likeness (QED) is 0.764. The predicted octanol–water partition coefficient (Wildman–Crippen LogP) is 3.93. The summed E-state index contributed by atoms with van der Waals surface area (Å²) in [6, 6.07) is 6.01. The van der Waals surface area contributed by atoms with Crippen LogP contribution in [0, 0.1) is 0 Å². The third-order valence-corrected chi connectivity index (χ3v) is 4.17. The fraction of sp³-hybridized carbons (Fsp3) is 0.538. The smallest absolute Gasteiger partial charge is 0.0841 e. The molecule has 0 bridgehead atoms. The van der Waals surface area contributed by atoms with E-state index in [4.69, 9.17) is 27.9 Å². The molecule has 1 aromatic rings. The van der Waals surface area contributed by atoms with Gasteiger partial charge in [0, 0.05) is 35.0 Å². The van der Waals surface area contributed by atoms with Crippen molar-refractivity contribution in [2.24, 2.45) is 0 Å². The van der Waals surface area contributed by atoms with Crippen LogP contribution in [-0.2, 0) is 11.3 Å². The Labute approximate surface area is 126 Å². The molecular weight excluding hydrogens is 337 g/mol. The lowest BCUT2D eigenvalue weighted by molar-refractivity contribution is -0.0688. The Balaban J connectivity index is 2.04. The number of nitrogens with zero attached hydrogens (tertiary/aromatic N) is 1. The van der Waals surface area contributed by atoms with Crippen molar-refractivity contribution >= 4 is 39.1 Å². The molecule has 2 rings (SSSR count).